The van der Waals surface area contributed by atoms with Crippen LogP contribution in [0.4, 0.5) is 0 Å². The van der Waals surface area contributed by atoms with E-state index in [0.29, 0.717) is 14.8 Å². The van der Waals surface area contributed by atoms with Crippen molar-refractivity contribution in [2.24, 2.45) is 0 Å². The van der Waals surface area contributed by atoms with Crippen molar-refractivity contribution >= 4 is 46.3 Å². The van der Waals surface area contributed by atoms with E-state index in [1.165, 1.54) is 11.0 Å². The fourth-order valence-corrected chi connectivity index (χ4v) is 2.99. The predicted octanol–water partition coefficient (Wildman–Crippen LogP) is 2.16. The van der Waals surface area contributed by atoms with Crippen LogP contribution in [0, 0.1) is 0 Å². The molecule has 1 fully saturated rings. The van der Waals surface area contributed by atoms with Gasteiger partial charge in [-0.3, -0.25) is 14.5 Å². The monoisotopic (exact) mass is 323 g/mol. The number of esters is 1. The Labute approximate surface area is 131 Å². The molecule has 0 radical (unpaired) electrons. The van der Waals surface area contributed by atoms with Crippen LogP contribution < -0.4 is 0 Å². The average molecular weight is 323 g/mol. The van der Waals surface area contributed by atoms with Gasteiger partial charge in [-0.2, -0.15) is 0 Å². The molecule has 0 unspecified atom stereocenters. The summed E-state index contributed by atoms with van der Waals surface area (Å²) in [6, 6.07) is 6.53. The molecule has 110 valence electrons. The molecule has 1 aromatic rings. The summed E-state index contributed by atoms with van der Waals surface area (Å²) in [5.74, 6) is -0.709. The van der Waals surface area contributed by atoms with Gasteiger partial charge in [-0.1, -0.05) is 36.1 Å². The summed E-state index contributed by atoms with van der Waals surface area (Å²) < 4.78 is 5.13. The van der Waals surface area contributed by atoms with Gasteiger partial charge in [0.1, 0.15) is 16.6 Å². The minimum atomic E-state index is -0.493. The molecule has 0 bridgehead atoms. The predicted molar refractivity (Wildman–Crippen MR) is 84.6 cm³/mol. The standard InChI is InChI=1S/C14H13NO4S2/c1-2-19-12(17)8-15-13(18)11(21-14(15)20)7-9-4-3-5-10(16)6-9/h3-7,16H,2,8H2,1H3. The van der Waals surface area contributed by atoms with Crippen LogP contribution in [0.3, 0.4) is 0 Å². The molecule has 5 nitrogen and oxygen atoms in total. The van der Waals surface area contributed by atoms with E-state index >= 15 is 0 Å². The first-order valence-electron chi connectivity index (χ1n) is 6.21. The summed E-state index contributed by atoms with van der Waals surface area (Å²) in [6.07, 6.45) is 1.63. The van der Waals surface area contributed by atoms with E-state index in [0.717, 1.165) is 11.8 Å². The van der Waals surface area contributed by atoms with Crippen molar-refractivity contribution < 1.29 is 19.4 Å². The fourth-order valence-electron chi connectivity index (χ4n) is 1.74. The number of nitrogens with zero attached hydrogens (tertiary/aromatic N) is 1. The van der Waals surface area contributed by atoms with Crippen LogP contribution >= 0.6 is 24.0 Å². The topological polar surface area (TPSA) is 66.8 Å². The molecule has 1 saturated heterocycles. The maximum atomic E-state index is 12.2. The van der Waals surface area contributed by atoms with Crippen molar-refractivity contribution in [3.05, 3.63) is 34.7 Å². The molecule has 1 N–H and O–H groups in total. The number of benzene rings is 1. The third kappa shape index (κ3) is 3.83. The van der Waals surface area contributed by atoms with E-state index in [4.69, 9.17) is 17.0 Å². The van der Waals surface area contributed by atoms with Crippen molar-refractivity contribution in [2.75, 3.05) is 13.2 Å². The van der Waals surface area contributed by atoms with E-state index in [9.17, 15) is 14.7 Å². The highest BCUT2D eigenvalue weighted by atomic mass is 32.2. The quantitative estimate of drug-likeness (QED) is 0.520. The number of phenolic OH excluding ortho intramolecular Hbond substituents is 1. The molecule has 1 aliphatic heterocycles. The van der Waals surface area contributed by atoms with Crippen LogP contribution in [0.5, 0.6) is 5.75 Å². The number of hydrogen-bond donors (Lipinski definition) is 1. The number of amides is 1. The molecule has 21 heavy (non-hydrogen) atoms. The number of phenols is 1. The van der Waals surface area contributed by atoms with Crippen LogP contribution in [0.1, 0.15) is 12.5 Å². The van der Waals surface area contributed by atoms with Gasteiger partial charge in [-0.15, -0.1) is 0 Å². The zero-order valence-corrected chi connectivity index (χ0v) is 12.9. The lowest BCUT2D eigenvalue weighted by atomic mass is 10.2. The number of thiocarbonyl (C=S) groups is 1. The van der Waals surface area contributed by atoms with Crippen molar-refractivity contribution in [2.45, 2.75) is 6.92 Å². The summed E-state index contributed by atoms with van der Waals surface area (Å²) in [6.45, 7) is 1.77. The molecule has 1 heterocycles. The van der Waals surface area contributed by atoms with Crippen molar-refractivity contribution in [3.63, 3.8) is 0 Å². The minimum Gasteiger partial charge on any atom is -0.508 e. The SMILES string of the molecule is CCOC(=O)CN1C(=O)C(=Cc2cccc(O)c2)SC1=S. The highest BCUT2D eigenvalue weighted by Crippen LogP contribution is 2.32. The molecular formula is C14H13NO4S2. The number of aromatic hydroxyl groups is 1. The lowest BCUT2D eigenvalue weighted by Crippen LogP contribution is -2.34. The van der Waals surface area contributed by atoms with E-state index in [2.05, 4.69) is 0 Å². The molecule has 1 amide bonds. The Balaban J connectivity index is 2.16. The van der Waals surface area contributed by atoms with Gasteiger partial charge in [0.05, 0.1) is 11.5 Å². The van der Waals surface area contributed by atoms with Gasteiger partial charge < -0.3 is 9.84 Å². The maximum Gasteiger partial charge on any atom is 0.326 e. The zero-order chi connectivity index (χ0) is 15.4. The largest absolute Gasteiger partial charge is 0.508 e. The molecule has 0 aromatic heterocycles. The van der Waals surface area contributed by atoms with Gasteiger partial charge in [0, 0.05) is 0 Å². The molecule has 0 aliphatic carbocycles. The lowest BCUT2D eigenvalue weighted by molar-refractivity contribution is -0.145. The molecule has 7 heteroatoms. The number of hydrogen-bond acceptors (Lipinski definition) is 6. The van der Waals surface area contributed by atoms with E-state index in [1.54, 1.807) is 31.2 Å². The number of rotatable bonds is 4. The maximum absolute atomic E-state index is 12.2. The number of thioether (sulfide) groups is 1. The van der Waals surface area contributed by atoms with Crippen LogP contribution in [0.25, 0.3) is 6.08 Å². The Morgan fingerprint density at radius 1 is 1.52 bits per heavy atom. The smallest absolute Gasteiger partial charge is 0.326 e. The van der Waals surface area contributed by atoms with Crippen molar-refractivity contribution in [1.82, 2.24) is 4.90 Å². The second kappa shape index (κ2) is 6.73. The first-order valence-corrected chi connectivity index (χ1v) is 7.43. The van der Waals surface area contributed by atoms with Gasteiger partial charge in [0.15, 0.2) is 0 Å². The Kier molecular flexibility index (Phi) is 4.98. The normalized spacial score (nSPS) is 16.6. The fraction of sp³-hybridized carbons (Fsp3) is 0.214. The van der Waals surface area contributed by atoms with Crippen molar-refractivity contribution in [3.8, 4) is 5.75 Å². The molecule has 0 atom stereocenters. The Hall–Kier alpha value is -1.86. The molecular weight excluding hydrogens is 310 g/mol. The zero-order valence-electron chi connectivity index (χ0n) is 11.2. The van der Waals surface area contributed by atoms with Crippen LogP contribution in [-0.2, 0) is 14.3 Å². The summed E-state index contributed by atoms with van der Waals surface area (Å²) in [7, 11) is 0. The molecule has 0 spiro atoms. The average Bonchev–Trinajstić information content (AvgIpc) is 2.67. The van der Waals surface area contributed by atoms with Gasteiger partial charge in [0.25, 0.3) is 5.91 Å². The Morgan fingerprint density at radius 3 is 2.95 bits per heavy atom. The van der Waals surface area contributed by atoms with Gasteiger partial charge in [-0.05, 0) is 30.7 Å². The van der Waals surface area contributed by atoms with Crippen molar-refractivity contribution in [1.29, 1.82) is 0 Å². The molecule has 1 aromatic carbocycles. The summed E-state index contributed by atoms with van der Waals surface area (Å²) in [5.41, 5.74) is 0.687. The van der Waals surface area contributed by atoms with E-state index < -0.39 is 5.97 Å². The van der Waals surface area contributed by atoms with Gasteiger partial charge in [0.2, 0.25) is 0 Å². The number of carbonyl (C=O) groups is 2. The first kappa shape index (κ1) is 15.5. The number of ether oxygens (including phenoxy) is 1. The molecule has 0 saturated carbocycles. The van der Waals surface area contributed by atoms with E-state index in [1.807, 2.05) is 0 Å². The van der Waals surface area contributed by atoms with Gasteiger partial charge in [-0.25, -0.2) is 0 Å². The summed E-state index contributed by atoms with van der Waals surface area (Å²) >= 11 is 6.23. The third-order valence-corrected chi connectivity index (χ3v) is 4.01. The second-order valence-corrected chi connectivity index (χ2v) is 5.84. The van der Waals surface area contributed by atoms with E-state index in [-0.39, 0.29) is 24.8 Å². The highest BCUT2D eigenvalue weighted by Gasteiger charge is 2.33. The first-order chi connectivity index (χ1) is 10.0. The van der Waals surface area contributed by atoms with Gasteiger partial charge >= 0.3 is 5.97 Å². The van der Waals surface area contributed by atoms with Crippen LogP contribution in [-0.4, -0.2) is 39.4 Å². The Morgan fingerprint density at radius 2 is 2.29 bits per heavy atom. The summed E-state index contributed by atoms with van der Waals surface area (Å²) in [5, 5.41) is 9.42. The summed E-state index contributed by atoms with van der Waals surface area (Å²) in [4.78, 5) is 25.3. The second-order valence-electron chi connectivity index (χ2n) is 4.17. The molecule has 1 aliphatic rings. The van der Waals surface area contributed by atoms with Crippen LogP contribution in [0.2, 0.25) is 0 Å². The van der Waals surface area contributed by atoms with Crippen LogP contribution in [0.15, 0.2) is 29.2 Å². The number of carbonyl (C=O) groups excluding carboxylic acids is 2. The minimum absolute atomic E-state index is 0.116. The third-order valence-electron chi connectivity index (χ3n) is 2.63. The Bertz CT molecular complexity index is 627. The highest BCUT2D eigenvalue weighted by molar-refractivity contribution is 8.26. The lowest BCUT2D eigenvalue weighted by Gasteiger charge is -2.12. The molecule has 2 rings (SSSR count).